The number of para-hydroxylation sites is 1. The molecule has 0 saturated heterocycles. The minimum Gasteiger partial charge on any atom is -0.497 e. The number of imide groups is 1. The van der Waals surface area contributed by atoms with Crippen LogP contribution in [0.3, 0.4) is 0 Å². The SMILES string of the molecule is COc1ccc(CN2CC(=O)N(C(=O)c3ccccc3N=[N+]=[N-])c3ccccc3C2=O)c(OC)c1. The van der Waals surface area contributed by atoms with E-state index >= 15 is 0 Å². The van der Waals surface area contributed by atoms with Gasteiger partial charge in [0.25, 0.3) is 17.7 Å². The molecule has 1 aliphatic heterocycles. The zero-order chi connectivity index (χ0) is 24.9. The van der Waals surface area contributed by atoms with Crippen LogP contribution < -0.4 is 14.4 Å². The van der Waals surface area contributed by atoms with Gasteiger partial charge in [-0.2, -0.15) is 0 Å². The fraction of sp³-hybridized carbons (Fsp3) is 0.160. The standard InChI is InChI=1S/C25H21N5O5/c1-34-17-12-11-16(22(13-17)35-2)14-29-15-23(31)30(21-10-6-4-8-19(21)24(29)32)25(33)18-7-3-5-9-20(18)27-28-26/h3-13H,14-15H2,1-2H3. The van der Waals surface area contributed by atoms with Crippen LogP contribution in [0.25, 0.3) is 10.4 Å². The topological polar surface area (TPSA) is 125 Å². The van der Waals surface area contributed by atoms with Crippen molar-refractivity contribution < 1.29 is 23.9 Å². The van der Waals surface area contributed by atoms with Gasteiger partial charge in [0, 0.05) is 22.1 Å². The summed E-state index contributed by atoms with van der Waals surface area (Å²) in [5, 5.41) is 3.57. The largest absolute Gasteiger partial charge is 0.497 e. The van der Waals surface area contributed by atoms with Crippen molar-refractivity contribution in [1.82, 2.24) is 4.90 Å². The molecular formula is C25H21N5O5. The van der Waals surface area contributed by atoms with Crippen LogP contribution in [0.2, 0.25) is 0 Å². The van der Waals surface area contributed by atoms with Gasteiger partial charge in [-0.3, -0.25) is 14.4 Å². The number of carbonyl (C=O) groups excluding carboxylic acids is 3. The number of azide groups is 1. The summed E-state index contributed by atoms with van der Waals surface area (Å²) in [5.74, 6) is -0.618. The van der Waals surface area contributed by atoms with E-state index in [0.717, 1.165) is 4.90 Å². The number of rotatable bonds is 6. The molecule has 1 aliphatic rings. The third-order valence-electron chi connectivity index (χ3n) is 5.58. The van der Waals surface area contributed by atoms with Gasteiger partial charge in [0.15, 0.2) is 0 Å². The number of ether oxygens (including phenoxy) is 2. The Bertz CT molecular complexity index is 1370. The van der Waals surface area contributed by atoms with E-state index in [2.05, 4.69) is 10.0 Å². The zero-order valence-electron chi connectivity index (χ0n) is 19.0. The van der Waals surface area contributed by atoms with Crippen LogP contribution in [0.5, 0.6) is 11.5 Å². The van der Waals surface area contributed by atoms with Gasteiger partial charge in [0.2, 0.25) is 0 Å². The van der Waals surface area contributed by atoms with Crippen molar-refractivity contribution in [3.8, 4) is 11.5 Å². The van der Waals surface area contributed by atoms with Crippen molar-refractivity contribution in [3.63, 3.8) is 0 Å². The molecule has 10 heteroatoms. The van der Waals surface area contributed by atoms with Crippen LogP contribution in [0.15, 0.2) is 71.8 Å². The quantitative estimate of drug-likeness (QED) is 0.227. The summed E-state index contributed by atoms with van der Waals surface area (Å²) in [6.07, 6.45) is 0. The molecule has 4 rings (SSSR count). The summed E-state index contributed by atoms with van der Waals surface area (Å²) < 4.78 is 10.7. The smallest absolute Gasteiger partial charge is 0.265 e. The summed E-state index contributed by atoms with van der Waals surface area (Å²) in [7, 11) is 3.04. The van der Waals surface area contributed by atoms with E-state index in [0.29, 0.717) is 17.1 Å². The lowest BCUT2D eigenvalue weighted by Crippen LogP contribution is -2.42. The monoisotopic (exact) mass is 471 g/mol. The summed E-state index contributed by atoms with van der Waals surface area (Å²) in [6.45, 7) is -0.276. The molecule has 3 aromatic carbocycles. The van der Waals surface area contributed by atoms with Crippen LogP contribution in [-0.4, -0.2) is 43.4 Å². The Hall–Kier alpha value is -4.82. The fourth-order valence-electron chi connectivity index (χ4n) is 3.91. The van der Waals surface area contributed by atoms with Crippen molar-refractivity contribution in [2.75, 3.05) is 25.7 Å². The molecule has 3 aromatic rings. The maximum absolute atomic E-state index is 13.5. The van der Waals surface area contributed by atoms with E-state index in [1.165, 1.54) is 37.3 Å². The van der Waals surface area contributed by atoms with Crippen molar-refractivity contribution in [2.45, 2.75) is 6.54 Å². The number of hydrogen-bond acceptors (Lipinski definition) is 6. The van der Waals surface area contributed by atoms with Crippen LogP contribution in [0.4, 0.5) is 11.4 Å². The van der Waals surface area contributed by atoms with E-state index in [9.17, 15) is 14.4 Å². The molecule has 3 amide bonds. The molecule has 0 saturated carbocycles. The molecule has 0 unspecified atom stereocenters. The van der Waals surface area contributed by atoms with Gasteiger partial charge in [0.1, 0.15) is 18.0 Å². The molecule has 0 bridgehead atoms. The first kappa shape index (κ1) is 23.3. The third-order valence-corrected chi connectivity index (χ3v) is 5.58. The highest BCUT2D eigenvalue weighted by Crippen LogP contribution is 2.32. The molecule has 0 spiro atoms. The highest BCUT2D eigenvalue weighted by molar-refractivity contribution is 6.26. The maximum Gasteiger partial charge on any atom is 0.265 e. The first-order valence-corrected chi connectivity index (χ1v) is 10.6. The molecule has 0 atom stereocenters. The molecule has 176 valence electrons. The molecular weight excluding hydrogens is 450 g/mol. The predicted octanol–water partition coefficient (Wildman–Crippen LogP) is 4.48. The van der Waals surface area contributed by atoms with Crippen molar-refractivity contribution in [2.24, 2.45) is 5.11 Å². The number of hydrogen-bond donors (Lipinski definition) is 0. The molecule has 0 aromatic heterocycles. The van der Waals surface area contributed by atoms with E-state index < -0.39 is 17.7 Å². The number of fused-ring (bicyclic) bond motifs is 1. The Morgan fingerprint density at radius 3 is 2.51 bits per heavy atom. The van der Waals surface area contributed by atoms with Gasteiger partial charge in [-0.1, -0.05) is 35.4 Å². The predicted molar refractivity (Wildman–Crippen MR) is 128 cm³/mol. The Morgan fingerprint density at radius 2 is 1.77 bits per heavy atom. The van der Waals surface area contributed by atoms with E-state index in [1.807, 2.05) is 0 Å². The summed E-state index contributed by atoms with van der Waals surface area (Å²) in [6, 6.07) is 17.8. The van der Waals surface area contributed by atoms with Crippen LogP contribution in [0, 0.1) is 0 Å². The van der Waals surface area contributed by atoms with Gasteiger partial charge in [-0.25, -0.2) is 4.90 Å². The van der Waals surface area contributed by atoms with Crippen LogP contribution >= 0.6 is 0 Å². The molecule has 0 radical (unpaired) electrons. The van der Waals surface area contributed by atoms with E-state index in [-0.39, 0.29) is 35.6 Å². The minimum absolute atomic E-state index is 0.0474. The van der Waals surface area contributed by atoms with Crippen molar-refractivity contribution in [1.29, 1.82) is 0 Å². The number of carbonyl (C=O) groups is 3. The Kier molecular flexibility index (Phi) is 6.66. The Morgan fingerprint density at radius 1 is 1.03 bits per heavy atom. The first-order chi connectivity index (χ1) is 17.0. The fourth-order valence-corrected chi connectivity index (χ4v) is 3.91. The van der Waals surface area contributed by atoms with E-state index in [4.69, 9.17) is 15.0 Å². The van der Waals surface area contributed by atoms with Crippen molar-refractivity contribution in [3.05, 3.63) is 93.9 Å². The number of methoxy groups -OCH3 is 2. The number of nitrogens with zero attached hydrogens (tertiary/aromatic N) is 5. The number of amides is 3. The highest BCUT2D eigenvalue weighted by Gasteiger charge is 2.36. The lowest BCUT2D eigenvalue weighted by molar-refractivity contribution is -0.118. The number of benzene rings is 3. The molecule has 10 nitrogen and oxygen atoms in total. The average Bonchev–Trinajstić information content (AvgIpc) is 2.98. The second-order valence-electron chi connectivity index (χ2n) is 7.60. The van der Waals surface area contributed by atoms with Gasteiger partial charge in [0.05, 0.1) is 37.7 Å². The maximum atomic E-state index is 13.5. The second kappa shape index (κ2) is 9.98. The average molecular weight is 471 g/mol. The Labute approximate surface area is 200 Å². The lowest BCUT2D eigenvalue weighted by Gasteiger charge is -2.22. The van der Waals surface area contributed by atoms with Gasteiger partial charge in [-0.05, 0) is 35.9 Å². The summed E-state index contributed by atoms with van der Waals surface area (Å²) in [4.78, 5) is 45.5. The summed E-state index contributed by atoms with van der Waals surface area (Å²) in [5.41, 5.74) is 10.0. The van der Waals surface area contributed by atoms with E-state index in [1.54, 1.807) is 48.5 Å². The van der Waals surface area contributed by atoms with Gasteiger partial charge >= 0.3 is 0 Å². The lowest BCUT2D eigenvalue weighted by atomic mass is 10.1. The second-order valence-corrected chi connectivity index (χ2v) is 7.60. The third kappa shape index (κ3) is 4.50. The van der Waals surface area contributed by atoms with Gasteiger partial charge < -0.3 is 14.4 Å². The normalized spacial score (nSPS) is 13.0. The highest BCUT2D eigenvalue weighted by atomic mass is 16.5. The first-order valence-electron chi connectivity index (χ1n) is 10.6. The minimum atomic E-state index is -0.692. The Balaban J connectivity index is 1.75. The molecule has 0 N–H and O–H groups in total. The van der Waals surface area contributed by atoms with Crippen LogP contribution in [0.1, 0.15) is 26.3 Å². The molecule has 0 aliphatic carbocycles. The summed E-state index contributed by atoms with van der Waals surface area (Å²) >= 11 is 0. The van der Waals surface area contributed by atoms with Crippen LogP contribution in [-0.2, 0) is 11.3 Å². The molecule has 35 heavy (non-hydrogen) atoms. The van der Waals surface area contributed by atoms with Crippen molar-refractivity contribution >= 4 is 29.1 Å². The van der Waals surface area contributed by atoms with Gasteiger partial charge in [-0.15, -0.1) is 0 Å². The zero-order valence-corrected chi connectivity index (χ0v) is 19.0. The molecule has 0 fully saturated rings. The number of anilines is 1. The molecule has 1 heterocycles.